The Morgan fingerprint density at radius 2 is 2.22 bits per heavy atom. The van der Waals surface area contributed by atoms with Gasteiger partial charge in [-0.3, -0.25) is 4.79 Å². The number of carbonyl (C=O) groups is 1. The van der Waals surface area contributed by atoms with Gasteiger partial charge in [-0.2, -0.15) is 0 Å². The Morgan fingerprint density at radius 3 is 2.96 bits per heavy atom. The van der Waals surface area contributed by atoms with Crippen molar-refractivity contribution >= 4 is 17.2 Å². The standard InChI is InChI=1S/C18H22N2O2S/c1-11(2)18-20-12(3)16(23-18)9-19-17(21)14-8-13-6-4-5-7-15(13)22-10-14/h4-7,11,14H,8-10H2,1-3H3,(H,19,21). The molecule has 1 N–H and O–H groups in total. The molecule has 2 aromatic rings. The zero-order valence-electron chi connectivity index (χ0n) is 13.8. The molecule has 3 rings (SSSR count). The summed E-state index contributed by atoms with van der Waals surface area (Å²) in [5.41, 5.74) is 2.12. The molecule has 2 heterocycles. The van der Waals surface area contributed by atoms with Crippen molar-refractivity contribution in [3.8, 4) is 5.75 Å². The Morgan fingerprint density at radius 1 is 1.43 bits per heavy atom. The third kappa shape index (κ3) is 3.55. The Kier molecular flexibility index (Phi) is 4.66. The average Bonchev–Trinajstić information content (AvgIpc) is 2.93. The second-order valence-electron chi connectivity index (χ2n) is 6.25. The van der Waals surface area contributed by atoms with Gasteiger partial charge in [0.2, 0.25) is 5.91 Å². The van der Waals surface area contributed by atoms with Crippen LogP contribution >= 0.6 is 11.3 Å². The lowest BCUT2D eigenvalue weighted by Crippen LogP contribution is -2.37. The van der Waals surface area contributed by atoms with E-state index in [9.17, 15) is 4.79 Å². The van der Waals surface area contributed by atoms with Crippen LogP contribution in [0.25, 0.3) is 0 Å². The van der Waals surface area contributed by atoms with Gasteiger partial charge in [-0.25, -0.2) is 4.98 Å². The molecule has 0 saturated carbocycles. The van der Waals surface area contributed by atoms with Crippen LogP contribution in [0, 0.1) is 12.8 Å². The van der Waals surface area contributed by atoms with E-state index in [2.05, 4.69) is 24.1 Å². The zero-order valence-corrected chi connectivity index (χ0v) is 14.6. The van der Waals surface area contributed by atoms with Crippen LogP contribution in [0.1, 0.15) is 40.9 Å². The number of amides is 1. The molecule has 4 nitrogen and oxygen atoms in total. The van der Waals surface area contributed by atoms with E-state index in [1.165, 1.54) is 0 Å². The van der Waals surface area contributed by atoms with E-state index in [-0.39, 0.29) is 11.8 Å². The van der Waals surface area contributed by atoms with Crippen molar-refractivity contribution in [3.63, 3.8) is 0 Å². The lowest BCUT2D eigenvalue weighted by Gasteiger charge is -2.24. The van der Waals surface area contributed by atoms with Crippen LogP contribution in [0.4, 0.5) is 0 Å². The molecule has 0 aliphatic carbocycles. The van der Waals surface area contributed by atoms with Crippen LogP contribution in [0.2, 0.25) is 0 Å². The lowest BCUT2D eigenvalue weighted by molar-refractivity contribution is -0.126. The highest BCUT2D eigenvalue weighted by atomic mass is 32.1. The van der Waals surface area contributed by atoms with Crippen molar-refractivity contribution in [2.75, 3.05) is 6.61 Å². The van der Waals surface area contributed by atoms with Crippen LogP contribution in [-0.2, 0) is 17.8 Å². The van der Waals surface area contributed by atoms with Crippen LogP contribution < -0.4 is 10.1 Å². The molecule has 1 amide bonds. The summed E-state index contributed by atoms with van der Waals surface area (Å²) < 4.78 is 5.70. The van der Waals surface area contributed by atoms with E-state index in [0.717, 1.165) is 33.3 Å². The van der Waals surface area contributed by atoms with E-state index in [4.69, 9.17) is 4.74 Å². The summed E-state index contributed by atoms with van der Waals surface area (Å²) in [6.07, 6.45) is 0.737. The second kappa shape index (κ2) is 6.71. The maximum atomic E-state index is 12.4. The topological polar surface area (TPSA) is 51.2 Å². The molecule has 0 bridgehead atoms. The summed E-state index contributed by atoms with van der Waals surface area (Å²) >= 11 is 1.69. The van der Waals surface area contributed by atoms with Gasteiger partial charge in [0, 0.05) is 10.8 Å². The predicted molar refractivity (Wildman–Crippen MR) is 91.9 cm³/mol. The number of aryl methyl sites for hydroxylation is 1. The third-order valence-electron chi connectivity index (χ3n) is 4.08. The predicted octanol–water partition coefficient (Wildman–Crippen LogP) is 3.44. The fraction of sp³-hybridized carbons (Fsp3) is 0.444. The average molecular weight is 330 g/mol. The van der Waals surface area contributed by atoms with Gasteiger partial charge in [0.05, 0.1) is 23.2 Å². The quantitative estimate of drug-likeness (QED) is 0.934. The van der Waals surface area contributed by atoms with Gasteiger partial charge in [-0.05, 0) is 25.0 Å². The number of thiazole rings is 1. The Bertz CT molecular complexity index is 709. The molecule has 1 atom stereocenters. The SMILES string of the molecule is Cc1nc(C(C)C)sc1CNC(=O)C1COc2ccccc2C1. The number of nitrogens with one attached hydrogen (secondary N) is 1. The summed E-state index contributed by atoms with van der Waals surface area (Å²) in [6, 6.07) is 7.92. The number of aromatic nitrogens is 1. The highest BCUT2D eigenvalue weighted by molar-refractivity contribution is 7.11. The van der Waals surface area contributed by atoms with Crippen LogP contribution in [0.15, 0.2) is 24.3 Å². The first-order chi connectivity index (χ1) is 11.0. The van der Waals surface area contributed by atoms with Crippen LogP contribution in [0.5, 0.6) is 5.75 Å². The largest absolute Gasteiger partial charge is 0.492 e. The fourth-order valence-corrected chi connectivity index (χ4v) is 3.68. The first-order valence-electron chi connectivity index (χ1n) is 7.99. The van der Waals surface area contributed by atoms with E-state index < -0.39 is 0 Å². The molecule has 1 aliphatic heterocycles. The van der Waals surface area contributed by atoms with Gasteiger partial charge in [0.15, 0.2) is 0 Å². The molecule has 1 aromatic heterocycles. The molecule has 23 heavy (non-hydrogen) atoms. The van der Waals surface area contributed by atoms with E-state index in [1.807, 2.05) is 31.2 Å². The molecular formula is C18H22N2O2S. The van der Waals surface area contributed by atoms with E-state index >= 15 is 0 Å². The van der Waals surface area contributed by atoms with E-state index in [0.29, 0.717) is 19.1 Å². The van der Waals surface area contributed by atoms with Gasteiger partial charge in [-0.1, -0.05) is 32.0 Å². The van der Waals surface area contributed by atoms with Gasteiger partial charge in [0.25, 0.3) is 0 Å². The fourth-order valence-electron chi connectivity index (χ4n) is 2.67. The number of hydrogen-bond donors (Lipinski definition) is 1. The number of para-hydroxylation sites is 1. The Balaban J connectivity index is 1.60. The molecule has 0 saturated heterocycles. The number of ether oxygens (including phenoxy) is 1. The molecule has 1 unspecified atom stereocenters. The number of hydrogen-bond acceptors (Lipinski definition) is 4. The van der Waals surface area contributed by atoms with Gasteiger partial charge in [0.1, 0.15) is 12.4 Å². The first-order valence-corrected chi connectivity index (χ1v) is 8.81. The van der Waals surface area contributed by atoms with Crippen molar-refractivity contribution < 1.29 is 9.53 Å². The summed E-state index contributed by atoms with van der Waals surface area (Å²) in [6.45, 7) is 7.27. The van der Waals surface area contributed by atoms with Gasteiger partial charge >= 0.3 is 0 Å². The van der Waals surface area contributed by atoms with Crippen LogP contribution in [0.3, 0.4) is 0 Å². The molecule has 0 fully saturated rings. The Labute approximate surface area is 140 Å². The minimum atomic E-state index is -0.123. The molecule has 122 valence electrons. The smallest absolute Gasteiger partial charge is 0.227 e. The normalized spacial score (nSPS) is 16.8. The van der Waals surface area contributed by atoms with Crippen molar-refractivity contribution in [2.24, 2.45) is 5.92 Å². The van der Waals surface area contributed by atoms with Gasteiger partial charge in [-0.15, -0.1) is 11.3 Å². The maximum absolute atomic E-state index is 12.4. The minimum absolute atomic E-state index is 0.0541. The number of carbonyl (C=O) groups excluding carboxylic acids is 1. The van der Waals surface area contributed by atoms with Crippen molar-refractivity contribution in [1.29, 1.82) is 0 Å². The maximum Gasteiger partial charge on any atom is 0.227 e. The van der Waals surface area contributed by atoms with Crippen molar-refractivity contribution in [2.45, 2.75) is 39.7 Å². The molecule has 0 radical (unpaired) electrons. The number of fused-ring (bicyclic) bond motifs is 1. The second-order valence-corrected chi connectivity index (χ2v) is 7.37. The lowest BCUT2D eigenvalue weighted by atomic mass is 9.96. The molecule has 1 aliphatic rings. The van der Waals surface area contributed by atoms with Crippen LogP contribution in [-0.4, -0.2) is 17.5 Å². The summed E-state index contributed by atoms with van der Waals surface area (Å²) in [4.78, 5) is 18.1. The zero-order chi connectivity index (χ0) is 16.4. The highest BCUT2D eigenvalue weighted by Gasteiger charge is 2.25. The van der Waals surface area contributed by atoms with E-state index in [1.54, 1.807) is 11.3 Å². The van der Waals surface area contributed by atoms with Crippen molar-refractivity contribution in [3.05, 3.63) is 45.4 Å². The third-order valence-corrected chi connectivity index (χ3v) is 5.53. The Hall–Kier alpha value is -1.88. The molecule has 0 spiro atoms. The molecule has 1 aromatic carbocycles. The highest BCUT2D eigenvalue weighted by Crippen LogP contribution is 2.27. The van der Waals surface area contributed by atoms with Gasteiger partial charge < -0.3 is 10.1 Å². The minimum Gasteiger partial charge on any atom is -0.492 e. The summed E-state index contributed by atoms with van der Waals surface area (Å²) in [7, 11) is 0. The number of rotatable bonds is 4. The monoisotopic (exact) mass is 330 g/mol. The molecule has 5 heteroatoms. The first kappa shape index (κ1) is 16.0. The summed E-state index contributed by atoms with van der Waals surface area (Å²) in [5, 5.41) is 4.17. The number of benzene rings is 1. The van der Waals surface area contributed by atoms with Crippen molar-refractivity contribution in [1.82, 2.24) is 10.3 Å². The summed E-state index contributed by atoms with van der Waals surface area (Å²) in [5.74, 6) is 1.25. The molecular weight excluding hydrogens is 308 g/mol. The number of nitrogens with zero attached hydrogens (tertiary/aromatic N) is 1.